The minimum absolute atomic E-state index is 0.0203. The lowest BCUT2D eigenvalue weighted by Gasteiger charge is -2.36. The number of piperidine rings is 1. The van der Waals surface area contributed by atoms with E-state index in [-0.39, 0.29) is 11.9 Å². The highest BCUT2D eigenvalue weighted by atomic mass is 32.1. The van der Waals surface area contributed by atoms with Crippen LogP contribution in [0.2, 0.25) is 0 Å². The van der Waals surface area contributed by atoms with Gasteiger partial charge in [0, 0.05) is 16.8 Å². The molecule has 2 aromatic heterocycles. The maximum absolute atomic E-state index is 12.8. The van der Waals surface area contributed by atoms with E-state index in [0.29, 0.717) is 19.6 Å². The number of nitrogens with zero attached hydrogens (tertiary/aromatic N) is 2. The minimum Gasteiger partial charge on any atom is -0.493 e. The van der Waals surface area contributed by atoms with Crippen molar-refractivity contribution in [3.8, 4) is 16.3 Å². The summed E-state index contributed by atoms with van der Waals surface area (Å²) in [6, 6.07) is 12.4. The zero-order chi connectivity index (χ0) is 22.3. The van der Waals surface area contributed by atoms with Gasteiger partial charge in [-0.15, -0.1) is 22.7 Å². The van der Waals surface area contributed by atoms with Crippen LogP contribution in [0.3, 0.4) is 0 Å². The number of para-hydroxylation sites is 1. The van der Waals surface area contributed by atoms with Crippen molar-refractivity contribution in [2.24, 2.45) is 5.92 Å². The maximum atomic E-state index is 12.8. The highest BCUT2D eigenvalue weighted by Crippen LogP contribution is 2.32. The number of nitrogens with one attached hydrogen (secondary N) is 1. The SMILES string of the molecule is CCOc1ccccc1-c1nc(CC(=O)NCC(c2cccs2)N2CCC(C)CC2)cs1. The first-order valence-electron chi connectivity index (χ1n) is 11.3. The van der Waals surface area contributed by atoms with Gasteiger partial charge in [-0.05, 0) is 62.4 Å². The molecule has 1 saturated heterocycles. The number of ether oxygens (including phenoxy) is 1. The van der Waals surface area contributed by atoms with Crippen LogP contribution in [0.25, 0.3) is 10.6 Å². The van der Waals surface area contributed by atoms with Crippen molar-refractivity contribution in [1.29, 1.82) is 0 Å². The van der Waals surface area contributed by atoms with Gasteiger partial charge in [0.25, 0.3) is 0 Å². The molecule has 3 aromatic rings. The van der Waals surface area contributed by atoms with Gasteiger partial charge in [0.05, 0.1) is 30.3 Å². The Labute approximate surface area is 198 Å². The summed E-state index contributed by atoms with van der Waals surface area (Å²) >= 11 is 3.32. The van der Waals surface area contributed by atoms with Crippen LogP contribution in [0, 0.1) is 5.92 Å². The monoisotopic (exact) mass is 469 g/mol. The van der Waals surface area contributed by atoms with Crippen LogP contribution in [0.5, 0.6) is 5.75 Å². The van der Waals surface area contributed by atoms with E-state index < -0.39 is 0 Å². The first-order valence-corrected chi connectivity index (χ1v) is 13.1. The Morgan fingerprint density at radius 3 is 2.78 bits per heavy atom. The molecule has 0 saturated carbocycles. The van der Waals surface area contributed by atoms with Crippen molar-refractivity contribution < 1.29 is 9.53 Å². The van der Waals surface area contributed by atoms with E-state index in [0.717, 1.165) is 41.0 Å². The molecule has 1 aromatic carbocycles. The number of thiophene rings is 1. The topological polar surface area (TPSA) is 54.5 Å². The summed E-state index contributed by atoms with van der Waals surface area (Å²) in [5.41, 5.74) is 1.77. The number of amides is 1. The number of rotatable bonds is 9. The van der Waals surface area contributed by atoms with E-state index in [4.69, 9.17) is 9.72 Å². The number of carbonyl (C=O) groups is 1. The van der Waals surface area contributed by atoms with Gasteiger partial charge in [-0.25, -0.2) is 4.98 Å². The first kappa shape index (κ1) is 23.0. The standard InChI is InChI=1S/C25H31N3O2S2/c1-3-30-22-8-5-4-7-20(22)25-27-19(17-32-25)15-24(29)26-16-21(23-9-6-14-31-23)28-12-10-18(2)11-13-28/h4-9,14,17-18,21H,3,10-13,15-16H2,1-2H3,(H,26,29). The third-order valence-electron chi connectivity index (χ3n) is 5.93. The fourth-order valence-electron chi connectivity index (χ4n) is 4.10. The highest BCUT2D eigenvalue weighted by Gasteiger charge is 2.26. The lowest BCUT2D eigenvalue weighted by molar-refractivity contribution is -0.120. The summed E-state index contributed by atoms with van der Waals surface area (Å²) in [5, 5.41) is 8.15. The smallest absolute Gasteiger partial charge is 0.226 e. The second-order valence-electron chi connectivity index (χ2n) is 8.30. The molecule has 3 heterocycles. The largest absolute Gasteiger partial charge is 0.493 e. The molecule has 0 spiro atoms. The van der Waals surface area contributed by atoms with Crippen LogP contribution in [-0.2, 0) is 11.2 Å². The van der Waals surface area contributed by atoms with Crippen molar-refractivity contribution in [3.63, 3.8) is 0 Å². The van der Waals surface area contributed by atoms with Crippen molar-refractivity contribution >= 4 is 28.6 Å². The van der Waals surface area contributed by atoms with Crippen LogP contribution in [0.15, 0.2) is 47.2 Å². The molecule has 4 rings (SSSR count). The molecule has 0 aliphatic carbocycles. The van der Waals surface area contributed by atoms with Gasteiger partial charge in [-0.1, -0.05) is 25.1 Å². The van der Waals surface area contributed by atoms with E-state index >= 15 is 0 Å². The van der Waals surface area contributed by atoms with Crippen molar-refractivity contribution in [2.45, 2.75) is 39.2 Å². The van der Waals surface area contributed by atoms with Gasteiger partial charge in [0.1, 0.15) is 10.8 Å². The fourth-order valence-corrected chi connectivity index (χ4v) is 5.81. The van der Waals surface area contributed by atoms with Crippen LogP contribution in [0.1, 0.15) is 43.3 Å². The Morgan fingerprint density at radius 2 is 2.03 bits per heavy atom. The Balaban J connectivity index is 1.37. The van der Waals surface area contributed by atoms with Crippen molar-refractivity contribution in [3.05, 3.63) is 57.7 Å². The first-order chi connectivity index (χ1) is 15.6. The third kappa shape index (κ3) is 5.77. The molecule has 5 nitrogen and oxygen atoms in total. The Morgan fingerprint density at radius 1 is 1.22 bits per heavy atom. The normalized spacial score (nSPS) is 16.1. The molecule has 0 radical (unpaired) electrons. The average molecular weight is 470 g/mol. The lowest BCUT2D eigenvalue weighted by Crippen LogP contribution is -2.42. The van der Waals surface area contributed by atoms with Gasteiger partial charge < -0.3 is 10.1 Å². The van der Waals surface area contributed by atoms with Crippen LogP contribution in [0.4, 0.5) is 0 Å². The predicted octanol–water partition coefficient (Wildman–Crippen LogP) is 5.40. The molecule has 1 unspecified atom stereocenters. The molecule has 1 amide bonds. The molecule has 0 bridgehead atoms. The van der Waals surface area contributed by atoms with Crippen molar-refractivity contribution in [2.75, 3.05) is 26.2 Å². The number of thiazole rings is 1. The molecule has 1 fully saturated rings. The number of aromatic nitrogens is 1. The molecule has 1 aliphatic rings. The third-order valence-corrected chi connectivity index (χ3v) is 7.83. The molecule has 1 aliphatic heterocycles. The average Bonchev–Trinajstić information content (AvgIpc) is 3.48. The summed E-state index contributed by atoms with van der Waals surface area (Å²) in [7, 11) is 0. The van der Waals surface area contributed by atoms with Crippen LogP contribution >= 0.6 is 22.7 Å². The Kier molecular flexibility index (Phi) is 7.95. The molecular formula is C25H31N3O2S2. The Bertz CT molecular complexity index is 994. The second-order valence-corrected chi connectivity index (χ2v) is 10.1. The summed E-state index contributed by atoms with van der Waals surface area (Å²) in [6.45, 7) is 7.73. The van der Waals surface area contributed by atoms with Gasteiger partial charge in [0.2, 0.25) is 5.91 Å². The zero-order valence-corrected chi connectivity index (χ0v) is 20.4. The van der Waals surface area contributed by atoms with Gasteiger partial charge in [-0.2, -0.15) is 0 Å². The molecule has 7 heteroatoms. The summed E-state index contributed by atoms with van der Waals surface area (Å²) < 4.78 is 5.73. The Hall–Kier alpha value is -2.22. The van der Waals surface area contributed by atoms with Crippen LogP contribution in [-0.4, -0.2) is 42.0 Å². The highest BCUT2D eigenvalue weighted by molar-refractivity contribution is 7.13. The second kappa shape index (κ2) is 11.1. The molecule has 1 atom stereocenters. The molecule has 32 heavy (non-hydrogen) atoms. The van der Waals surface area contributed by atoms with E-state index in [9.17, 15) is 4.79 Å². The van der Waals surface area contributed by atoms with Crippen LogP contribution < -0.4 is 10.1 Å². The molecular weight excluding hydrogens is 438 g/mol. The quantitative estimate of drug-likeness (QED) is 0.456. The van der Waals surface area contributed by atoms with E-state index in [1.807, 2.05) is 36.6 Å². The van der Waals surface area contributed by atoms with E-state index in [2.05, 4.69) is 34.7 Å². The fraction of sp³-hybridized carbons (Fsp3) is 0.440. The minimum atomic E-state index is 0.0203. The number of benzene rings is 1. The van der Waals surface area contributed by atoms with Gasteiger partial charge in [0.15, 0.2) is 0 Å². The number of hydrogen-bond acceptors (Lipinski definition) is 6. The van der Waals surface area contributed by atoms with Crippen molar-refractivity contribution in [1.82, 2.24) is 15.2 Å². The maximum Gasteiger partial charge on any atom is 0.226 e. The number of likely N-dealkylation sites (tertiary alicyclic amines) is 1. The summed E-state index contributed by atoms with van der Waals surface area (Å²) in [6.07, 6.45) is 2.74. The lowest BCUT2D eigenvalue weighted by atomic mass is 9.97. The zero-order valence-electron chi connectivity index (χ0n) is 18.8. The molecule has 170 valence electrons. The number of hydrogen-bond donors (Lipinski definition) is 1. The molecule has 1 N–H and O–H groups in total. The summed E-state index contributed by atoms with van der Waals surface area (Å²) in [4.78, 5) is 21.3. The number of carbonyl (C=O) groups excluding carboxylic acids is 1. The van der Waals surface area contributed by atoms with Gasteiger partial charge in [-0.3, -0.25) is 9.69 Å². The van der Waals surface area contributed by atoms with E-state index in [1.165, 1.54) is 17.7 Å². The van der Waals surface area contributed by atoms with Gasteiger partial charge >= 0.3 is 0 Å². The summed E-state index contributed by atoms with van der Waals surface area (Å²) in [5.74, 6) is 1.64. The predicted molar refractivity (Wildman–Crippen MR) is 132 cm³/mol. The van der Waals surface area contributed by atoms with E-state index in [1.54, 1.807) is 22.7 Å².